The van der Waals surface area contributed by atoms with Crippen LogP contribution < -0.4 is 11.1 Å². The molecule has 0 aromatic heterocycles. The summed E-state index contributed by atoms with van der Waals surface area (Å²) < 4.78 is 0. The van der Waals surface area contributed by atoms with Crippen molar-refractivity contribution in [3.8, 4) is 0 Å². The van der Waals surface area contributed by atoms with E-state index in [9.17, 15) is 9.59 Å². The molecule has 1 heterocycles. The lowest BCUT2D eigenvalue weighted by Crippen LogP contribution is -2.50. The maximum Gasteiger partial charge on any atom is 0.227 e. The van der Waals surface area contributed by atoms with Crippen LogP contribution in [0.2, 0.25) is 0 Å². The van der Waals surface area contributed by atoms with Crippen LogP contribution in [0.4, 0.5) is 0 Å². The zero-order valence-corrected chi connectivity index (χ0v) is 13.5. The topological polar surface area (TPSA) is 75.4 Å². The zero-order chi connectivity index (χ0) is 15.6. The summed E-state index contributed by atoms with van der Waals surface area (Å²) in [5, 5.41) is 2.97. The first-order valence-corrected chi connectivity index (χ1v) is 8.11. The summed E-state index contributed by atoms with van der Waals surface area (Å²) in [4.78, 5) is 26.4. The van der Waals surface area contributed by atoms with Gasteiger partial charge in [0, 0.05) is 31.1 Å². The van der Waals surface area contributed by atoms with Crippen molar-refractivity contribution < 1.29 is 9.59 Å². The Hall–Kier alpha value is -1.10. The largest absolute Gasteiger partial charge is 0.354 e. The lowest BCUT2D eigenvalue weighted by atomic mass is 9.91. The van der Waals surface area contributed by atoms with Crippen LogP contribution >= 0.6 is 0 Å². The van der Waals surface area contributed by atoms with Crippen molar-refractivity contribution in [1.29, 1.82) is 0 Å². The third-order valence-electron chi connectivity index (χ3n) is 4.46. The molecule has 0 spiro atoms. The second-order valence-corrected chi connectivity index (χ2v) is 7.59. The molecule has 3 N–H and O–H groups in total. The van der Waals surface area contributed by atoms with Crippen molar-refractivity contribution in [2.24, 2.45) is 23.0 Å². The summed E-state index contributed by atoms with van der Waals surface area (Å²) in [6.07, 6.45) is 4.13. The molecule has 1 saturated carbocycles. The molecule has 0 aromatic rings. The highest BCUT2D eigenvalue weighted by Crippen LogP contribution is 2.31. The van der Waals surface area contributed by atoms with Crippen LogP contribution in [0, 0.1) is 17.3 Å². The molecule has 0 radical (unpaired) electrons. The Morgan fingerprint density at radius 1 is 1.29 bits per heavy atom. The molecular formula is C16H29N3O2. The van der Waals surface area contributed by atoms with Gasteiger partial charge >= 0.3 is 0 Å². The molecular weight excluding hydrogens is 266 g/mol. The van der Waals surface area contributed by atoms with Crippen molar-refractivity contribution in [1.82, 2.24) is 10.2 Å². The van der Waals surface area contributed by atoms with Gasteiger partial charge in [0.05, 0.1) is 5.92 Å². The van der Waals surface area contributed by atoms with Gasteiger partial charge in [0.1, 0.15) is 0 Å². The molecule has 0 bridgehead atoms. The molecule has 2 fully saturated rings. The predicted molar refractivity (Wildman–Crippen MR) is 82.5 cm³/mol. The van der Waals surface area contributed by atoms with Gasteiger partial charge in [-0.2, -0.15) is 0 Å². The number of nitrogens with one attached hydrogen (secondary N) is 1. The Balaban J connectivity index is 1.82. The summed E-state index contributed by atoms with van der Waals surface area (Å²) in [5.74, 6) is 0.694. The minimum atomic E-state index is -0.382. The fourth-order valence-electron chi connectivity index (χ4n) is 2.90. The van der Waals surface area contributed by atoms with Crippen LogP contribution in [0.5, 0.6) is 0 Å². The first-order chi connectivity index (χ1) is 9.79. The van der Waals surface area contributed by atoms with Gasteiger partial charge in [-0.25, -0.2) is 0 Å². The highest BCUT2D eigenvalue weighted by atomic mass is 16.2. The van der Waals surface area contributed by atoms with Crippen molar-refractivity contribution in [2.75, 3.05) is 19.6 Å². The minimum absolute atomic E-state index is 0.0532. The number of carbonyl (C=O) groups is 2. The molecule has 1 saturated heterocycles. The summed E-state index contributed by atoms with van der Waals surface area (Å²) >= 11 is 0. The molecule has 1 aliphatic carbocycles. The number of amides is 2. The second kappa shape index (κ2) is 6.34. The van der Waals surface area contributed by atoms with E-state index in [0.717, 1.165) is 19.4 Å². The van der Waals surface area contributed by atoms with Gasteiger partial charge in [0.25, 0.3) is 0 Å². The van der Waals surface area contributed by atoms with Crippen LogP contribution in [0.3, 0.4) is 0 Å². The molecule has 2 aliphatic rings. The van der Waals surface area contributed by atoms with E-state index in [1.54, 1.807) is 0 Å². The van der Waals surface area contributed by atoms with Gasteiger partial charge in [-0.05, 0) is 31.6 Å². The molecule has 5 nitrogen and oxygen atoms in total. The number of rotatable bonds is 4. The Bertz CT molecular complexity index is 399. The molecule has 1 aliphatic heterocycles. The highest BCUT2D eigenvalue weighted by Gasteiger charge is 2.34. The van der Waals surface area contributed by atoms with E-state index in [0.29, 0.717) is 19.0 Å². The van der Waals surface area contributed by atoms with E-state index in [-0.39, 0.29) is 29.2 Å². The molecule has 0 aromatic carbocycles. The molecule has 21 heavy (non-hydrogen) atoms. The van der Waals surface area contributed by atoms with Gasteiger partial charge in [0.15, 0.2) is 0 Å². The molecule has 5 heteroatoms. The van der Waals surface area contributed by atoms with Crippen LogP contribution in [-0.4, -0.2) is 42.4 Å². The normalized spacial score (nSPS) is 24.6. The Morgan fingerprint density at radius 3 is 2.52 bits per heavy atom. The average Bonchev–Trinajstić information content (AvgIpc) is 3.27. The fraction of sp³-hybridized carbons (Fsp3) is 0.875. The standard InChI is InChI=1S/C16H29N3O2/c1-16(2,3)15(21)19-8-4-5-12(10-19)14(20)18-9-13(17)11-6-7-11/h11-13H,4-10,17H2,1-3H3,(H,18,20). The number of piperidine rings is 1. The van der Waals surface area contributed by atoms with Gasteiger partial charge in [-0.1, -0.05) is 20.8 Å². The number of nitrogens with two attached hydrogens (primary N) is 1. The Labute approximate surface area is 127 Å². The summed E-state index contributed by atoms with van der Waals surface area (Å²) in [5.41, 5.74) is 5.63. The SMILES string of the molecule is CC(C)(C)C(=O)N1CCCC(C(=O)NCC(N)C2CC2)C1. The van der Waals surface area contributed by atoms with Crippen molar-refractivity contribution in [3.05, 3.63) is 0 Å². The van der Waals surface area contributed by atoms with E-state index in [1.165, 1.54) is 12.8 Å². The van der Waals surface area contributed by atoms with Crippen LogP contribution in [0.1, 0.15) is 46.5 Å². The third-order valence-corrected chi connectivity index (χ3v) is 4.46. The molecule has 2 unspecified atom stereocenters. The highest BCUT2D eigenvalue weighted by molar-refractivity contribution is 5.83. The average molecular weight is 295 g/mol. The van der Waals surface area contributed by atoms with Gasteiger partial charge < -0.3 is 16.0 Å². The van der Waals surface area contributed by atoms with E-state index >= 15 is 0 Å². The van der Waals surface area contributed by atoms with E-state index < -0.39 is 0 Å². The van der Waals surface area contributed by atoms with Crippen molar-refractivity contribution in [3.63, 3.8) is 0 Å². The summed E-state index contributed by atoms with van der Waals surface area (Å²) in [7, 11) is 0. The molecule has 120 valence electrons. The van der Waals surface area contributed by atoms with Gasteiger partial charge in [-0.15, -0.1) is 0 Å². The monoisotopic (exact) mass is 295 g/mol. The smallest absolute Gasteiger partial charge is 0.227 e. The van der Waals surface area contributed by atoms with E-state index in [2.05, 4.69) is 5.32 Å². The van der Waals surface area contributed by atoms with Crippen LogP contribution in [-0.2, 0) is 9.59 Å². The lowest BCUT2D eigenvalue weighted by molar-refractivity contribution is -0.142. The summed E-state index contributed by atoms with van der Waals surface area (Å²) in [6.45, 7) is 7.64. The van der Waals surface area contributed by atoms with E-state index in [1.807, 2.05) is 25.7 Å². The minimum Gasteiger partial charge on any atom is -0.354 e. The maximum atomic E-state index is 12.3. The molecule has 2 rings (SSSR count). The van der Waals surface area contributed by atoms with Crippen molar-refractivity contribution in [2.45, 2.75) is 52.5 Å². The second-order valence-electron chi connectivity index (χ2n) is 7.59. The molecule has 2 amide bonds. The number of nitrogens with zero attached hydrogens (tertiary/aromatic N) is 1. The van der Waals surface area contributed by atoms with Crippen LogP contribution in [0.25, 0.3) is 0 Å². The number of hydrogen-bond acceptors (Lipinski definition) is 3. The number of hydrogen-bond donors (Lipinski definition) is 2. The first kappa shape index (κ1) is 16.3. The third kappa shape index (κ3) is 4.43. The zero-order valence-electron chi connectivity index (χ0n) is 13.5. The Morgan fingerprint density at radius 2 is 1.95 bits per heavy atom. The number of likely N-dealkylation sites (tertiary alicyclic amines) is 1. The Kier molecular flexibility index (Phi) is 4.91. The summed E-state index contributed by atoms with van der Waals surface area (Å²) in [6, 6.07) is 0.0878. The van der Waals surface area contributed by atoms with Gasteiger partial charge in [-0.3, -0.25) is 9.59 Å². The maximum absolute atomic E-state index is 12.3. The van der Waals surface area contributed by atoms with Gasteiger partial charge in [0.2, 0.25) is 11.8 Å². The predicted octanol–water partition coefficient (Wildman–Crippen LogP) is 1.12. The first-order valence-electron chi connectivity index (χ1n) is 8.11. The van der Waals surface area contributed by atoms with E-state index in [4.69, 9.17) is 5.73 Å². The molecule has 2 atom stereocenters. The van der Waals surface area contributed by atoms with Crippen molar-refractivity contribution >= 4 is 11.8 Å². The number of carbonyl (C=O) groups excluding carboxylic acids is 2. The quantitative estimate of drug-likeness (QED) is 0.816. The lowest BCUT2D eigenvalue weighted by Gasteiger charge is -2.36. The fourth-order valence-corrected chi connectivity index (χ4v) is 2.90. The van der Waals surface area contributed by atoms with Crippen LogP contribution in [0.15, 0.2) is 0 Å².